The Kier molecular flexibility index (Phi) is 4.68. The predicted octanol–water partition coefficient (Wildman–Crippen LogP) is 4.40. The van der Waals surface area contributed by atoms with E-state index in [1.54, 1.807) is 6.07 Å². The molecule has 8 heteroatoms. The van der Waals surface area contributed by atoms with E-state index in [9.17, 15) is 26.9 Å². The van der Waals surface area contributed by atoms with Gasteiger partial charge in [-0.3, -0.25) is 0 Å². The summed E-state index contributed by atoms with van der Waals surface area (Å²) in [7, 11) is -4.15. The molecular weight excluding hydrogens is 351 g/mol. The van der Waals surface area contributed by atoms with Gasteiger partial charge >= 0.3 is 6.18 Å². The average Bonchev–Trinajstić information content (AvgIpc) is 2.49. The molecule has 0 spiro atoms. The van der Waals surface area contributed by atoms with Crippen LogP contribution in [0.25, 0.3) is 0 Å². The molecule has 0 aliphatic carbocycles. The third-order valence-electron chi connectivity index (χ3n) is 3.11. The zero-order valence-corrected chi connectivity index (χ0v) is 13.0. The van der Waals surface area contributed by atoms with E-state index in [-0.39, 0.29) is 10.5 Å². The van der Waals surface area contributed by atoms with Gasteiger partial charge in [-0.1, -0.05) is 23.7 Å². The Hall–Kier alpha value is -2.04. The van der Waals surface area contributed by atoms with Gasteiger partial charge in [0.05, 0.1) is 16.5 Å². The van der Waals surface area contributed by atoms with E-state index >= 15 is 0 Å². The van der Waals surface area contributed by atoms with Gasteiger partial charge in [-0.25, -0.2) is 8.42 Å². The lowest BCUT2D eigenvalue weighted by molar-refractivity contribution is -0.137. The molecule has 2 aromatic rings. The first-order valence-corrected chi connectivity index (χ1v) is 8.15. The Morgan fingerprint density at radius 3 is 1.96 bits per heavy atom. The third kappa shape index (κ3) is 3.66. The summed E-state index contributed by atoms with van der Waals surface area (Å²) in [5, 5.41) is 8.03. The van der Waals surface area contributed by atoms with E-state index in [0.29, 0.717) is 17.2 Å². The van der Waals surface area contributed by atoms with Gasteiger partial charge in [0.2, 0.25) is 0 Å². The van der Waals surface area contributed by atoms with E-state index in [1.165, 1.54) is 24.3 Å². The number of alkyl halides is 3. The molecule has 0 aliphatic rings. The molecule has 0 bridgehead atoms. The van der Waals surface area contributed by atoms with Crippen molar-refractivity contribution in [2.45, 2.75) is 16.3 Å². The lowest BCUT2D eigenvalue weighted by Crippen LogP contribution is -2.13. The van der Waals surface area contributed by atoms with Gasteiger partial charge < -0.3 is 0 Å². The highest BCUT2D eigenvalue weighted by Crippen LogP contribution is 2.33. The van der Waals surface area contributed by atoms with Gasteiger partial charge in [0.25, 0.3) is 0 Å². The first-order valence-electron chi connectivity index (χ1n) is 6.22. The fourth-order valence-corrected chi connectivity index (χ4v) is 3.50. The van der Waals surface area contributed by atoms with Crippen LogP contribution in [0.5, 0.6) is 0 Å². The number of hydrogen-bond donors (Lipinski definition) is 0. The molecule has 0 amide bonds. The Balaban J connectivity index is 2.44. The number of nitrogens with zero attached hydrogens (tertiary/aromatic N) is 1. The maximum Gasteiger partial charge on any atom is 0.416 e. The Labute approximate surface area is 135 Å². The van der Waals surface area contributed by atoms with Crippen LogP contribution in [0.4, 0.5) is 13.2 Å². The van der Waals surface area contributed by atoms with Crippen LogP contribution in [0.15, 0.2) is 53.4 Å². The summed E-state index contributed by atoms with van der Waals surface area (Å²) in [6.45, 7) is 0. The maximum atomic E-state index is 12.5. The lowest BCUT2D eigenvalue weighted by Gasteiger charge is -2.12. The van der Waals surface area contributed by atoms with Crippen LogP contribution in [-0.2, 0) is 16.0 Å². The second-order valence-electron chi connectivity index (χ2n) is 4.63. The minimum Gasteiger partial charge on any atom is -0.222 e. The van der Waals surface area contributed by atoms with Gasteiger partial charge in [0, 0.05) is 5.02 Å². The van der Waals surface area contributed by atoms with Crippen LogP contribution in [0, 0.1) is 11.3 Å². The zero-order chi connectivity index (χ0) is 17.3. The molecule has 120 valence electrons. The average molecular weight is 360 g/mol. The van der Waals surface area contributed by atoms with Crippen molar-refractivity contribution in [2.24, 2.45) is 0 Å². The number of sulfone groups is 1. The van der Waals surface area contributed by atoms with Crippen LogP contribution < -0.4 is 0 Å². The molecule has 0 heterocycles. The highest BCUT2D eigenvalue weighted by molar-refractivity contribution is 7.92. The summed E-state index contributed by atoms with van der Waals surface area (Å²) >= 11 is 5.71. The molecule has 2 rings (SSSR count). The molecule has 3 nitrogen and oxygen atoms in total. The van der Waals surface area contributed by atoms with Crippen molar-refractivity contribution in [1.82, 2.24) is 0 Å². The number of benzene rings is 2. The Morgan fingerprint density at radius 1 is 1.00 bits per heavy atom. The standard InChI is InChI=1S/C15H9ClF3NO2S/c16-12-5-1-10(2-6-12)14(9-20)23(21,22)13-7-3-11(4-8-13)15(17,18)19/h1-8,14H. The van der Waals surface area contributed by atoms with Crippen molar-refractivity contribution < 1.29 is 21.6 Å². The molecule has 23 heavy (non-hydrogen) atoms. The largest absolute Gasteiger partial charge is 0.416 e. The first kappa shape index (κ1) is 17.3. The molecule has 0 saturated carbocycles. The molecule has 2 aromatic carbocycles. The summed E-state index contributed by atoms with van der Waals surface area (Å²) in [5.41, 5.74) is -0.770. The van der Waals surface area contributed by atoms with Gasteiger partial charge in [0.1, 0.15) is 0 Å². The van der Waals surface area contributed by atoms with Gasteiger partial charge in [-0.15, -0.1) is 0 Å². The molecule has 0 N–H and O–H groups in total. The molecule has 0 radical (unpaired) electrons. The van der Waals surface area contributed by atoms with Crippen molar-refractivity contribution in [3.8, 4) is 6.07 Å². The molecule has 0 fully saturated rings. The van der Waals surface area contributed by atoms with Crippen molar-refractivity contribution in [1.29, 1.82) is 5.26 Å². The summed E-state index contributed by atoms with van der Waals surface area (Å²) in [6, 6.07) is 10.3. The summed E-state index contributed by atoms with van der Waals surface area (Å²) in [6.07, 6.45) is -4.56. The number of rotatable bonds is 3. The van der Waals surface area contributed by atoms with E-state index in [0.717, 1.165) is 12.1 Å². The van der Waals surface area contributed by atoms with Crippen LogP contribution >= 0.6 is 11.6 Å². The zero-order valence-electron chi connectivity index (χ0n) is 11.4. The van der Waals surface area contributed by atoms with Crippen molar-refractivity contribution >= 4 is 21.4 Å². The molecule has 0 saturated heterocycles. The van der Waals surface area contributed by atoms with Crippen molar-refractivity contribution in [3.63, 3.8) is 0 Å². The van der Waals surface area contributed by atoms with E-state index in [4.69, 9.17) is 11.6 Å². The number of halogens is 4. The van der Waals surface area contributed by atoms with E-state index in [1.807, 2.05) is 0 Å². The van der Waals surface area contributed by atoms with Crippen molar-refractivity contribution in [3.05, 3.63) is 64.7 Å². The Bertz CT molecular complexity index is 838. The summed E-state index contributed by atoms with van der Waals surface area (Å²) in [4.78, 5) is -0.355. The number of nitriles is 1. The smallest absolute Gasteiger partial charge is 0.222 e. The molecule has 1 unspecified atom stereocenters. The molecule has 0 aromatic heterocycles. The Morgan fingerprint density at radius 2 is 1.52 bits per heavy atom. The highest BCUT2D eigenvalue weighted by atomic mass is 35.5. The first-order chi connectivity index (χ1) is 10.7. The lowest BCUT2D eigenvalue weighted by atomic mass is 10.2. The van der Waals surface area contributed by atoms with Crippen LogP contribution in [-0.4, -0.2) is 8.42 Å². The van der Waals surface area contributed by atoms with Crippen LogP contribution in [0.3, 0.4) is 0 Å². The highest BCUT2D eigenvalue weighted by Gasteiger charge is 2.33. The SMILES string of the molecule is N#CC(c1ccc(Cl)cc1)S(=O)(=O)c1ccc(C(F)(F)F)cc1. The third-order valence-corrected chi connectivity index (χ3v) is 5.29. The van der Waals surface area contributed by atoms with Crippen LogP contribution in [0.1, 0.15) is 16.4 Å². The fourth-order valence-electron chi connectivity index (χ4n) is 1.93. The van der Waals surface area contributed by atoms with Crippen LogP contribution in [0.2, 0.25) is 5.02 Å². The van der Waals surface area contributed by atoms with Gasteiger partial charge in [0.15, 0.2) is 15.1 Å². The minimum absolute atomic E-state index is 0.191. The second kappa shape index (κ2) is 6.22. The summed E-state index contributed by atoms with van der Waals surface area (Å²) < 4.78 is 62.5. The predicted molar refractivity (Wildman–Crippen MR) is 78.4 cm³/mol. The number of hydrogen-bond acceptors (Lipinski definition) is 3. The van der Waals surface area contributed by atoms with Gasteiger partial charge in [-0.2, -0.15) is 18.4 Å². The van der Waals surface area contributed by atoms with E-state index < -0.39 is 26.8 Å². The fraction of sp³-hybridized carbons (Fsp3) is 0.133. The second-order valence-corrected chi connectivity index (χ2v) is 7.10. The molecular formula is C15H9ClF3NO2S. The topological polar surface area (TPSA) is 57.9 Å². The van der Waals surface area contributed by atoms with Crippen molar-refractivity contribution in [2.75, 3.05) is 0 Å². The minimum atomic E-state index is -4.56. The maximum absolute atomic E-state index is 12.5. The normalized spacial score (nSPS) is 13.3. The molecule has 1 atom stereocenters. The quantitative estimate of drug-likeness (QED) is 0.816. The molecule has 0 aliphatic heterocycles. The summed E-state index contributed by atoms with van der Waals surface area (Å²) in [5.74, 6) is 0. The van der Waals surface area contributed by atoms with E-state index in [2.05, 4.69) is 0 Å². The monoisotopic (exact) mass is 359 g/mol. The van der Waals surface area contributed by atoms with Gasteiger partial charge in [-0.05, 0) is 42.0 Å².